The molecule has 3 rings (SSSR count). The summed E-state index contributed by atoms with van der Waals surface area (Å²) in [7, 11) is 0. The monoisotopic (exact) mass is 228 g/mol. The van der Waals surface area contributed by atoms with Crippen molar-refractivity contribution in [2.75, 3.05) is 0 Å². The van der Waals surface area contributed by atoms with Crippen molar-refractivity contribution in [2.45, 2.75) is 18.2 Å². The van der Waals surface area contributed by atoms with Crippen LogP contribution < -0.4 is 0 Å². The van der Waals surface area contributed by atoms with Crippen LogP contribution in [0.4, 0.5) is 0 Å². The highest BCUT2D eigenvalue weighted by Crippen LogP contribution is 2.39. The molecule has 2 aromatic rings. The fourth-order valence-electron chi connectivity index (χ4n) is 2.45. The number of halogens is 1. The second-order valence-corrected chi connectivity index (χ2v) is 4.78. The number of fused-ring (bicyclic) bond motifs is 3. The number of aryl methyl sites for hydroxylation is 1. The van der Waals surface area contributed by atoms with Gasteiger partial charge in [-0.05, 0) is 35.1 Å². The molecular formula is C15H13Cl. The molecule has 1 atom stereocenters. The zero-order chi connectivity index (χ0) is 11.0. The molecule has 1 heteroatoms. The molecule has 0 amide bonds. The summed E-state index contributed by atoms with van der Waals surface area (Å²) in [5.74, 6) is 0. The van der Waals surface area contributed by atoms with Gasteiger partial charge in [-0.2, -0.15) is 0 Å². The molecule has 0 aliphatic heterocycles. The van der Waals surface area contributed by atoms with Gasteiger partial charge < -0.3 is 0 Å². The predicted molar refractivity (Wildman–Crippen MR) is 68.8 cm³/mol. The average Bonchev–Trinajstić information content (AvgIpc) is 2.49. The largest absolute Gasteiger partial charge is 0.118 e. The Morgan fingerprint density at radius 1 is 0.875 bits per heavy atom. The van der Waals surface area contributed by atoms with Crippen LogP contribution in [0, 0.1) is 0 Å². The van der Waals surface area contributed by atoms with Crippen LogP contribution in [0.3, 0.4) is 0 Å². The first-order chi connectivity index (χ1) is 7.86. The molecule has 0 heterocycles. The molecule has 0 saturated carbocycles. The summed E-state index contributed by atoms with van der Waals surface area (Å²) in [4.78, 5) is 0. The highest BCUT2D eigenvalue weighted by molar-refractivity contribution is 6.21. The molecule has 0 fully saturated rings. The molecule has 1 aliphatic rings. The second-order valence-electron chi connectivity index (χ2n) is 4.25. The van der Waals surface area contributed by atoms with Gasteiger partial charge in [0.15, 0.2) is 0 Å². The lowest BCUT2D eigenvalue weighted by molar-refractivity contribution is 0.807. The van der Waals surface area contributed by atoms with E-state index in [9.17, 15) is 0 Å². The SMILES string of the molecule is ClC1CCc2ccccc2-c2ccccc21. The first kappa shape index (κ1) is 9.92. The van der Waals surface area contributed by atoms with Crippen molar-refractivity contribution in [3.05, 3.63) is 59.7 Å². The fourth-order valence-corrected chi connectivity index (χ4v) is 2.75. The fraction of sp³-hybridized carbons (Fsp3) is 0.200. The number of hydrogen-bond donors (Lipinski definition) is 0. The lowest BCUT2D eigenvalue weighted by Crippen LogP contribution is -1.90. The van der Waals surface area contributed by atoms with E-state index in [1.165, 1.54) is 22.3 Å². The third kappa shape index (κ3) is 1.54. The van der Waals surface area contributed by atoms with Gasteiger partial charge in [0.25, 0.3) is 0 Å². The minimum absolute atomic E-state index is 0.142. The molecule has 0 saturated heterocycles. The lowest BCUT2D eigenvalue weighted by Gasteiger charge is -2.10. The minimum atomic E-state index is 0.142. The molecule has 0 aromatic heterocycles. The van der Waals surface area contributed by atoms with Crippen molar-refractivity contribution in [1.29, 1.82) is 0 Å². The van der Waals surface area contributed by atoms with Crippen molar-refractivity contribution in [2.24, 2.45) is 0 Å². The summed E-state index contributed by atoms with van der Waals surface area (Å²) in [6.45, 7) is 0. The molecule has 2 aromatic carbocycles. The van der Waals surface area contributed by atoms with Gasteiger partial charge in [0.1, 0.15) is 0 Å². The van der Waals surface area contributed by atoms with Crippen molar-refractivity contribution in [1.82, 2.24) is 0 Å². The summed E-state index contributed by atoms with van der Waals surface area (Å²) in [6.07, 6.45) is 2.09. The summed E-state index contributed by atoms with van der Waals surface area (Å²) < 4.78 is 0. The van der Waals surface area contributed by atoms with Gasteiger partial charge in [-0.1, -0.05) is 48.5 Å². The number of rotatable bonds is 0. The number of alkyl halides is 1. The Balaban J connectivity index is 2.28. The van der Waals surface area contributed by atoms with Crippen molar-refractivity contribution < 1.29 is 0 Å². The Bertz CT molecular complexity index is 516. The van der Waals surface area contributed by atoms with Crippen LogP contribution in [0.15, 0.2) is 48.5 Å². The summed E-state index contributed by atoms with van der Waals surface area (Å²) >= 11 is 6.44. The van der Waals surface area contributed by atoms with Crippen LogP contribution >= 0.6 is 11.6 Å². The highest BCUT2D eigenvalue weighted by Gasteiger charge is 2.19. The van der Waals surface area contributed by atoms with E-state index in [4.69, 9.17) is 11.6 Å². The molecule has 1 aliphatic carbocycles. The summed E-state index contributed by atoms with van der Waals surface area (Å²) in [6, 6.07) is 17.1. The van der Waals surface area contributed by atoms with E-state index in [0.717, 1.165) is 12.8 Å². The van der Waals surface area contributed by atoms with E-state index in [1.807, 2.05) is 0 Å². The normalized spacial score (nSPS) is 18.4. The van der Waals surface area contributed by atoms with Gasteiger partial charge in [-0.3, -0.25) is 0 Å². The molecule has 1 unspecified atom stereocenters. The van der Waals surface area contributed by atoms with E-state index in [0.29, 0.717) is 0 Å². The molecule has 0 nitrogen and oxygen atoms in total. The van der Waals surface area contributed by atoms with Crippen molar-refractivity contribution in [3.63, 3.8) is 0 Å². The zero-order valence-corrected chi connectivity index (χ0v) is 9.74. The van der Waals surface area contributed by atoms with E-state index in [2.05, 4.69) is 48.5 Å². The third-order valence-electron chi connectivity index (χ3n) is 3.27. The third-order valence-corrected chi connectivity index (χ3v) is 3.73. The maximum Gasteiger partial charge on any atom is 0.0594 e. The highest BCUT2D eigenvalue weighted by atomic mass is 35.5. The topological polar surface area (TPSA) is 0 Å². The Morgan fingerprint density at radius 2 is 1.56 bits per heavy atom. The maximum absolute atomic E-state index is 6.44. The molecular weight excluding hydrogens is 216 g/mol. The molecule has 0 bridgehead atoms. The van der Waals surface area contributed by atoms with Crippen LogP contribution in [-0.4, -0.2) is 0 Å². The lowest BCUT2D eigenvalue weighted by atomic mass is 9.97. The van der Waals surface area contributed by atoms with Crippen LogP contribution in [0.25, 0.3) is 11.1 Å². The van der Waals surface area contributed by atoms with Crippen molar-refractivity contribution in [3.8, 4) is 11.1 Å². The molecule has 16 heavy (non-hydrogen) atoms. The van der Waals surface area contributed by atoms with E-state index >= 15 is 0 Å². The molecule has 0 spiro atoms. The first-order valence-electron chi connectivity index (χ1n) is 5.67. The quantitative estimate of drug-likeness (QED) is 0.579. The predicted octanol–water partition coefficient (Wildman–Crippen LogP) is 4.58. The Morgan fingerprint density at radius 3 is 2.44 bits per heavy atom. The van der Waals surface area contributed by atoms with Crippen LogP contribution in [0.5, 0.6) is 0 Å². The second kappa shape index (κ2) is 3.95. The zero-order valence-electron chi connectivity index (χ0n) is 8.99. The molecule has 0 radical (unpaired) electrons. The van der Waals surface area contributed by atoms with Crippen LogP contribution in [-0.2, 0) is 6.42 Å². The number of benzene rings is 2. The van der Waals surface area contributed by atoms with Gasteiger partial charge in [0.2, 0.25) is 0 Å². The minimum Gasteiger partial charge on any atom is -0.118 e. The summed E-state index contributed by atoms with van der Waals surface area (Å²) in [5, 5.41) is 0.142. The van der Waals surface area contributed by atoms with E-state index < -0.39 is 0 Å². The van der Waals surface area contributed by atoms with Crippen LogP contribution in [0.1, 0.15) is 22.9 Å². The number of hydrogen-bond acceptors (Lipinski definition) is 0. The van der Waals surface area contributed by atoms with E-state index in [-0.39, 0.29) is 5.38 Å². The van der Waals surface area contributed by atoms with Gasteiger partial charge in [0, 0.05) is 0 Å². The summed E-state index contributed by atoms with van der Waals surface area (Å²) in [5.41, 5.74) is 5.34. The van der Waals surface area contributed by atoms with Gasteiger partial charge >= 0.3 is 0 Å². The Labute approximate surface area is 101 Å². The first-order valence-corrected chi connectivity index (χ1v) is 6.11. The van der Waals surface area contributed by atoms with Gasteiger partial charge in [-0.25, -0.2) is 0 Å². The Hall–Kier alpha value is -1.27. The standard InChI is InChI=1S/C15H13Cl/c16-15-10-9-11-5-1-2-6-12(11)13-7-3-4-8-14(13)15/h1-8,15H,9-10H2. The molecule has 80 valence electrons. The Kier molecular flexibility index (Phi) is 2.45. The van der Waals surface area contributed by atoms with Crippen LogP contribution in [0.2, 0.25) is 0 Å². The molecule has 0 N–H and O–H groups in total. The van der Waals surface area contributed by atoms with Gasteiger partial charge in [0.05, 0.1) is 5.38 Å². The smallest absolute Gasteiger partial charge is 0.0594 e. The van der Waals surface area contributed by atoms with E-state index in [1.54, 1.807) is 0 Å². The maximum atomic E-state index is 6.44. The van der Waals surface area contributed by atoms with Gasteiger partial charge in [-0.15, -0.1) is 11.6 Å². The average molecular weight is 229 g/mol. The van der Waals surface area contributed by atoms with Crippen molar-refractivity contribution >= 4 is 11.6 Å².